The molecular weight excluding hydrogens is 186 g/mol. The zero-order valence-electron chi connectivity index (χ0n) is 9.19. The summed E-state index contributed by atoms with van der Waals surface area (Å²) in [6.45, 7) is 5.56. The maximum atomic E-state index is 4.29. The van der Waals surface area contributed by atoms with Gasteiger partial charge in [0.1, 0.15) is 0 Å². The Bertz CT molecular complexity index is 332. The van der Waals surface area contributed by atoms with Crippen LogP contribution in [-0.2, 0) is 0 Å². The fraction of sp³-hybridized carbons (Fsp3) is 0.500. The van der Waals surface area contributed by atoms with E-state index in [4.69, 9.17) is 0 Å². The maximum Gasteiger partial charge on any atom is 0.155 e. The monoisotopic (exact) mass is 203 g/mol. The van der Waals surface area contributed by atoms with E-state index >= 15 is 0 Å². The number of hydrogen-bond donors (Lipinski definition) is 0. The topological polar surface area (TPSA) is 29.0 Å². The van der Waals surface area contributed by atoms with Crippen LogP contribution < -0.4 is 0 Å². The van der Waals surface area contributed by atoms with Crippen LogP contribution in [0.3, 0.4) is 0 Å². The van der Waals surface area contributed by atoms with Crippen molar-refractivity contribution in [2.45, 2.75) is 19.8 Å². The molecule has 0 N–H and O–H groups in total. The first-order valence-electron chi connectivity index (χ1n) is 5.59. The number of aromatic nitrogens is 2. The predicted molar refractivity (Wildman–Crippen MR) is 61.4 cm³/mol. The summed E-state index contributed by atoms with van der Waals surface area (Å²) in [5.41, 5.74) is 1.27. The van der Waals surface area contributed by atoms with E-state index in [0.29, 0.717) is 0 Å². The molecule has 0 saturated carbocycles. The summed E-state index contributed by atoms with van der Waals surface area (Å²) in [5.74, 6) is 0.887. The lowest BCUT2D eigenvalue weighted by Gasteiger charge is -2.25. The molecule has 2 rings (SSSR count). The van der Waals surface area contributed by atoms with Gasteiger partial charge in [-0.2, -0.15) is 0 Å². The third-order valence-electron chi connectivity index (χ3n) is 2.62. The van der Waals surface area contributed by atoms with E-state index in [0.717, 1.165) is 18.8 Å². The molecule has 0 aromatic carbocycles. The highest BCUT2D eigenvalue weighted by molar-refractivity contribution is 5.61. The zero-order valence-corrected chi connectivity index (χ0v) is 9.19. The van der Waals surface area contributed by atoms with Crippen LogP contribution in [0.5, 0.6) is 0 Å². The minimum atomic E-state index is 0.887. The first kappa shape index (κ1) is 10.3. The molecule has 3 heteroatoms. The Balaban J connectivity index is 2.07. The van der Waals surface area contributed by atoms with Crippen molar-refractivity contribution in [1.29, 1.82) is 0 Å². The number of hydrogen-bond acceptors (Lipinski definition) is 3. The summed E-state index contributed by atoms with van der Waals surface area (Å²) in [6.07, 6.45) is 8.21. The lowest BCUT2D eigenvalue weighted by Crippen LogP contribution is -2.30. The van der Waals surface area contributed by atoms with Crippen molar-refractivity contribution in [3.63, 3.8) is 0 Å². The normalized spacial score (nSPS) is 17.5. The highest BCUT2D eigenvalue weighted by Crippen LogP contribution is 2.16. The van der Waals surface area contributed by atoms with E-state index in [1.807, 2.05) is 18.5 Å². The molecule has 15 heavy (non-hydrogen) atoms. The van der Waals surface area contributed by atoms with E-state index in [2.05, 4.69) is 27.9 Å². The van der Waals surface area contributed by atoms with Crippen molar-refractivity contribution in [2.75, 3.05) is 19.6 Å². The van der Waals surface area contributed by atoms with E-state index in [1.165, 1.54) is 25.1 Å². The van der Waals surface area contributed by atoms with Gasteiger partial charge in [-0.15, -0.1) is 0 Å². The molecule has 0 fully saturated rings. The summed E-state index contributed by atoms with van der Waals surface area (Å²) in [4.78, 5) is 11.0. The van der Waals surface area contributed by atoms with Crippen LogP contribution in [0.2, 0.25) is 0 Å². The third-order valence-corrected chi connectivity index (χ3v) is 2.62. The molecule has 80 valence electrons. The molecule has 0 amide bonds. The molecule has 0 radical (unpaired) electrons. The van der Waals surface area contributed by atoms with Crippen molar-refractivity contribution in [1.82, 2.24) is 14.9 Å². The molecule has 2 heterocycles. The molecule has 0 aliphatic carbocycles. The van der Waals surface area contributed by atoms with Gasteiger partial charge in [0.05, 0.1) is 0 Å². The standard InChI is InChI=1S/C12H17N3/c1-2-8-15-9-3-5-11(10-15)12-13-6-4-7-14-12/h4-7H,2-3,8-10H2,1H3. The summed E-state index contributed by atoms with van der Waals surface area (Å²) < 4.78 is 0. The van der Waals surface area contributed by atoms with E-state index in [-0.39, 0.29) is 0 Å². The Morgan fingerprint density at radius 1 is 1.33 bits per heavy atom. The SMILES string of the molecule is CCCN1CCC=C(c2ncccn2)C1. The fourth-order valence-corrected chi connectivity index (χ4v) is 1.94. The molecule has 0 saturated heterocycles. The van der Waals surface area contributed by atoms with Crippen LogP contribution in [0, 0.1) is 0 Å². The second-order valence-corrected chi connectivity index (χ2v) is 3.87. The smallest absolute Gasteiger partial charge is 0.155 e. The van der Waals surface area contributed by atoms with Crippen molar-refractivity contribution >= 4 is 5.57 Å². The third kappa shape index (κ3) is 2.63. The first-order valence-corrected chi connectivity index (χ1v) is 5.59. The van der Waals surface area contributed by atoms with Crippen molar-refractivity contribution in [3.05, 3.63) is 30.4 Å². The minimum absolute atomic E-state index is 0.887. The van der Waals surface area contributed by atoms with Crippen molar-refractivity contribution in [3.8, 4) is 0 Å². The van der Waals surface area contributed by atoms with Gasteiger partial charge in [-0.05, 0) is 25.5 Å². The van der Waals surface area contributed by atoms with Gasteiger partial charge >= 0.3 is 0 Å². The average Bonchev–Trinajstić information content (AvgIpc) is 2.31. The molecule has 1 aromatic rings. The molecular formula is C12H17N3. The summed E-state index contributed by atoms with van der Waals surface area (Å²) >= 11 is 0. The van der Waals surface area contributed by atoms with Gasteiger partial charge in [0, 0.05) is 31.1 Å². The maximum absolute atomic E-state index is 4.29. The van der Waals surface area contributed by atoms with Crippen molar-refractivity contribution < 1.29 is 0 Å². The Morgan fingerprint density at radius 3 is 2.87 bits per heavy atom. The van der Waals surface area contributed by atoms with E-state index < -0.39 is 0 Å². The quantitative estimate of drug-likeness (QED) is 0.752. The molecule has 1 aliphatic heterocycles. The molecule has 0 unspecified atom stereocenters. The summed E-state index contributed by atoms with van der Waals surface area (Å²) in [7, 11) is 0. The Labute approximate surface area is 90.9 Å². The van der Waals surface area contributed by atoms with Gasteiger partial charge < -0.3 is 0 Å². The van der Waals surface area contributed by atoms with Crippen LogP contribution in [0.4, 0.5) is 0 Å². The van der Waals surface area contributed by atoms with Crippen LogP contribution in [-0.4, -0.2) is 34.5 Å². The zero-order chi connectivity index (χ0) is 10.5. The molecule has 1 aromatic heterocycles. The van der Waals surface area contributed by atoms with Gasteiger partial charge in [0.25, 0.3) is 0 Å². The van der Waals surface area contributed by atoms with Gasteiger partial charge in [-0.3, -0.25) is 4.90 Å². The van der Waals surface area contributed by atoms with Crippen LogP contribution in [0.15, 0.2) is 24.5 Å². The van der Waals surface area contributed by atoms with Crippen LogP contribution in [0.25, 0.3) is 5.57 Å². The van der Waals surface area contributed by atoms with Gasteiger partial charge in [0.15, 0.2) is 5.82 Å². The van der Waals surface area contributed by atoms with Crippen LogP contribution >= 0.6 is 0 Å². The van der Waals surface area contributed by atoms with Crippen LogP contribution in [0.1, 0.15) is 25.6 Å². The van der Waals surface area contributed by atoms with Gasteiger partial charge in [-0.1, -0.05) is 13.0 Å². The van der Waals surface area contributed by atoms with E-state index in [1.54, 1.807) is 0 Å². The second kappa shape index (κ2) is 5.03. The highest BCUT2D eigenvalue weighted by Gasteiger charge is 2.14. The molecule has 3 nitrogen and oxygen atoms in total. The Kier molecular flexibility index (Phi) is 3.45. The average molecular weight is 203 g/mol. The Morgan fingerprint density at radius 2 is 2.13 bits per heavy atom. The Hall–Kier alpha value is -1.22. The molecule has 0 bridgehead atoms. The van der Waals surface area contributed by atoms with Gasteiger partial charge in [-0.25, -0.2) is 9.97 Å². The highest BCUT2D eigenvalue weighted by atomic mass is 15.1. The first-order chi connectivity index (χ1) is 7.40. The largest absolute Gasteiger partial charge is 0.299 e. The predicted octanol–water partition coefficient (Wildman–Crippen LogP) is 1.98. The molecule has 0 atom stereocenters. The summed E-state index contributed by atoms with van der Waals surface area (Å²) in [5, 5.41) is 0. The fourth-order valence-electron chi connectivity index (χ4n) is 1.94. The van der Waals surface area contributed by atoms with Gasteiger partial charge in [0.2, 0.25) is 0 Å². The lowest BCUT2D eigenvalue weighted by molar-refractivity contribution is 0.304. The van der Waals surface area contributed by atoms with Crippen molar-refractivity contribution in [2.24, 2.45) is 0 Å². The summed E-state index contributed by atoms with van der Waals surface area (Å²) in [6, 6.07) is 1.86. The number of nitrogens with zero attached hydrogens (tertiary/aromatic N) is 3. The molecule has 0 spiro atoms. The van der Waals surface area contributed by atoms with E-state index in [9.17, 15) is 0 Å². The lowest BCUT2D eigenvalue weighted by atomic mass is 10.1. The number of rotatable bonds is 3. The molecule has 1 aliphatic rings. The second-order valence-electron chi connectivity index (χ2n) is 3.87. The minimum Gasteiger partial charge on any atom is -0.299 e.